The van der Waals surface area contributed by atoms with Crippen LogP contribution in [0, 0.1) is 0 Å². The van der Waals surface area contributed by atoms with Crippen molar-refractivity contribution in [1.29, 1.82) is 0 Å². The van der Waals surface area contributed by atoms with E-state index in [0.29, 0.717) is 6.17 Å². The van der Waals surface area contributed by atoms with E-state index in [0.717, 1.165) is 44.1 Å². The topological polar surface area (TPSA) is 28.6 Å². The third-order valence-electron chi connectivity index (χ3n) is 6.01. The molecule has 2 fully saturated rings. The number of fused-ring (bicyclic) bond motifs is 1. The first-order valence-corrected chi connectivity index (χ1v) is 10.4. The molecule has 4 heteroatoms. The van der Waals surface area contributed by atoms with E-state index < -0.39 is 0 Å². The second-order valence-corrected chi connectivity index (χ2v) is 7.73. The maximum Gasteiger partial charge on any atom is 0.0822 e. The van der Waals surface area contributed by atoms with Crippen LogP contribution in [0.4, 0.5) is 5.69 Å². The molecule has 5 rings (SSSR count). The molecular formula is C24H27N3O. The summed E-state index contributed by atoms with van der Waals surface area (Å²) in [6.45, 7) is 4.84. The van der Waals surface area contributed by atoms with E-state index in [2.05, 4.69) is 70.5 Å². The SMILES string of the molecule is c1ccc(-c2cc(N3CCCCC3N3CCOCC3)c3ccccc3n2)cc1. The van der Waals surface area contributed by atoms with Crippen molar-refractivity contribution in [3.8, 4) is 11.3 Å². The average molecular weight is 374 g/mol. The van der Waals surface area contributed by atoms with Crippen LogP contribution in [0.5, 0.6) is 0 Å². The van der Waals surface area contributed by atoms with E-state index in [1.807, 2.05) is 0 Å². The fraction of sp³-hybridized carbons (Fsp3) is 0.375. The Hall–Kier alpha value is -2.43. The second kappa shape index (κ2) is 7.90. The predicted molar refractivity (Wildman–Crippen MR) is 115 cm³/mol. The number of aromatic nitrogens is 1. The molecule has 144 valence electrons. The Labute approximate surface area is 166 Å². The van der Waals surface area contributed by atoms with Gasteiger partial charge in [-0.05, 0) is 31.4 Å². The number of morpholine rings is 1. The van der Waals surface area contributed by atoms with Gasteiger partial charge in [0, 0.05) is 36.3 Å². The zero-order chi connectivity index (χ0) is 18.8. The molecule has 0 saturated carbocycles. The highest BCUT2D eigenvalue weighted by molar-refractivity contribution is 5.94. The number of hydrogen-bond acceptors (Lipinski definition) is 4. The van der Waals surface area contributed by atoms with Gasteiger partial charge in [-0.25, -0.2) is 4.98 Å². The molecule has 0 N–H and O–H groups in total. The minimum atomic E-state index is 0.451. The molecule has 0 bridgehead atoms. The lowest BCUT2D eigenvalue weighted by Gasteiger charge is -2.45. The van der Waals surface area contributed by atoms with Crippen LogP contribution in [0.15, 0.2) is 60.7 Å². The molecule has 28 heavy (non-hydrogen) atoms. The van der Waals surface area contributed by atoms with Gasteiger partial charge in [0.2, 0.25) is 0 Å². The summed E-state index contributed by atoms with van der Waals surface area (Å²) < 4.78 is 5.61. The van der Waals surface area contributed by atoms with Crippen LogP contribution < -0.4 is 4.90 Å². The van der Waals surface area contributed by atoms with Crippen LogP contribution in [-0.2, 0) is 4.74 Å². The van der Waals surface area contributed by atoms with Crippen LogP contribution in [0.2, 0.25) is 0 Å². The van der Waals surface area contributed by atoms with Gasteiger partial charge in [0.25, 0.3) is 0 Å². The summed E-state index contributed by atoms with van der Waals surface area (Å²) in [5, 5.41) is 1.25. The third kappa shape index (κ3) is 3.38. The summed E-state index contributed by atoms with van der Waals surface area (Å²) in [6.07, 6.45) is 4.22. The maximum absolute atomic E-state index is 5.61. The first-order chi connectivity index (χ1) is 13.9. The Morgan fingerprint density at radius 2 is 1.64 bits per heavy atom. The summed E-state index contributed by atoms with van der Waals surface area (Å²) in [5.41, 5.74) is 4.63. The van der Waals surface area contributed by atoms with E-state index in [-0.39, 0.29) is 0 Å². The first-order valence-electron chi connectivity index (χ1n) is 10.4. The molecule has 2 aromatic carbocycles. The molecule has 2 aliphatic heterocycles. The average Bonchev–Trinajstić information content (AvgIpc) is 2.79. The van der Waals surface area contributed by atoms with Crippen molar-refractivity contribution in [2.24, 2.45) is 0 Å². The zero-order valence-electron chi connectivity index (χ0n) is 16.3. The highest BCUT2D eigenvalue weighted by atomic mass is 16.5. The van der Waals surface area contributed by atoms with Gasteiger partial charge >= 0.3 is 0 Å². The second-order valence-electron chi connectivity index (χ2n) is 7.73. The summed E-state index contributed by atoms with van der Waals surface area (Å²) in [6, 6.07) is 21.4. The monoisotopic (exact) mass is 373 g/mol. The number of benzene rings is 2. The summed E-state index contributed by atoms with van der Waals surface area (Å²) in [7, 11) is 0. The normalized spacial score (nSPS) is 21.1. The van der Waals surface area contributed by atoms with Gasteiger partial charge in [0.1, 0.15) is 0 Å². The lowest BCUT2D eigenvalue weighted by atomic mass is 10.0. The molecule has 2 saturated heterocycles. The smallest absolute Gasteiger partial charge is 0.0822 e. The standard InChI is InChI=1S/C24H27N3O/c1-2-8-19(9-3-1)22-18-23(20-10-4-5-11-21(20)25-22)27-13-7-6-12-24(27)26-14-16-28-17-15-26/h1-5,8-11,18,24H,6-7,12-17H2. The molecule has 0 aliphatic carbocycles. The fourth-order valence-electron chi connectivity index (χ4n) is 4.60. The number of pyridine rings is 1. The number of nitrogens with zero attached hydrogens (tertiary/aromatic N) is 3. The van der Waals surface area contributed by atoms with Crippen LogP contribution in [-0.4, -0.2) is 48.9 Å². The van der Waals surface area contributed by atoms with Crippen molar-refractivity contribution in [3.63, 3.8) is 0 Å². The molecule has 0 amide bonds. The van der Waals surface area contributed by atoms with Crippen LogP contribution in [0.25, 0.3) is 22.2 Å². The van der Waals surface area contributed by atoms with Gasteiger partial charge in [-0.15, -0.1) is 0 Å². The van der Waals surface area contributed by atoms with E-state index >= 15 is 0 Å². The maximum atomic E-state index is 5.61. The van der Waals surface area contributed by atoms with Gasteiger partial charge in [-0.1, -0.05) is 48.5 Å². The molecule has 4 nitrogen and oxygen atoms in total. The molecule has 1 aromatic heterocycles. The highest BCUT2D eigenvalue weighted by Gasteiger charge is 2.30. The van der Waals surface area contributed by atoms with Gasteiger partial charge in [0.15, 0.2) is 0 Å². The highest BCUT2D eigenvalue weighted by Crippen LogP contribution is 2.35. The first kappa shape index (κ1) is 17.7. The molecule has 3 aromatic rings. The molecule has 0 spiro atoms. The van der Waals surface area contributed by atoms with Gasteiger partial charge in [-0.3, -0.25) is 4.90 Å². The number of para-hydroxylation sites is 1. The Kier molecular flexibility index (Phi) is 4.98. The largest absolute Gasteiger partial charge is 0.379 e. The van der Waals surface area contributed by atoms with Gasteiger partial charge in [-0.2, -0.15) is 0 Å². The van der Waals surface area contributed by atoms with Crippen molar-refractivity contribution in [1.82, 2.24) is 9.88 Å². The number of anilines is 1. The molecule has 2 aliphatic rings. The number of rotatable bonds is 3. The van der Waals surface area contributed by atoms with Crippen molar-refractivity contribution in [2.45, 2.75) is 25.4 Å². The van der Waals surface area contributed by atoms with E-state index in [9.17, 15) is 0 Å². The Morgan fingerprint density at radius 3 is 2.50 bits per heavy atom. The molecule has 1 unspecified atom stereocenters. The molecular weight excluding hydrogens is 346 g/mol. The van der Waals surface area contributed by atoms with Gasteiger partial charge < -0.3 is 9.64 Å². The van der Waals surface area contributed by atoms with E-state index in [1.165, 1.54) is 35.9 Å². The summed E-state index contributed by atoms with van der Waals surface area (Å²) in [4.78, 5) is 10.2. The molecule has 0 radical (unpaired) electrons. The summed E-state index contributed by atoms with van der Waals surface area (Å²) in [5.74, 6) is 0. The van der Waals surface area contributed by atoms with Crippen LogP contribution in [0.1, 0.15) is 19.3 Å². The predicted octanol–water partition coefficient (Wildman–Crippen LogP) is 4.55. The molecule has 3 heterocycles. The Balaban J connectivity index is 1.61. The van der Waals surface area contributed by atoms with Crippen molar-refractivity contribution >= 4 is 16.6 Å². The van der Waals surface area contributed by atoms with Crippen molar-refractivity contribution in [3.05, 3.63) is 60.7 Å². The number of piperidine rings is 1. The molecule has 1 atom stereocenters. The van der Waals surface area contributed by atoms with E-state index in [4.69, 9.17) is 9.72 Å². The van der Waals surface area contributed by atoms with Crippen molar-refractivity contribution in [2.75, 3.05) is 37.7 Å². The third-order valence-corrected chi connectivity index (χ3v) is 6.01. The zero-order valence-corrected chi connectivity index (χ0v) is 16.3. The van der Waals surface area contributed by atoms with Crippen LogP contribution in [0.3, 0.4) is 0 Å². The number of ether oxygens (including phenoxy) is 1. The van der Waals surface area contributed by atoms with Gasteiger partial charge in [0.05, 0.1) is 30.6 Å². The number of hydrogen-bond donors (Lipinski definition) is 0. The Morgan fingerprint density at radius 1 is 0.857 bits per heavy atom. The van der Waals surface area contributed by atoms with Crippen LogP contribution >= 0.6 is 0 Å². The lowest BCUT2D eigenvalue weighted by molar-refractivity contribution is 0.0108. The summed E-state index contributed by atoms with van der Waals surface area (Å²) >= 11 is 0. The lowest BCUT2D eigenvalue weighted by Crippen LogP contribution is -2.54. The van der Waals surface area contributed by atoms with Crippen molar-refractivity contribution < 1.29 is 4.74 Å². The minimum Gasteiger partial charge on any atom is -0.379 e. The fourth-order valence-corrected chi connectivity index (χ4v) is 4.60. The quantitative estimate of drug-likeness (QED) is 0.673. The Bertz CT molecular complexity index is 937. The van der Waals surface area contributed by atoms with E-state index in [1.54, 1.807) is 0 Å². The minimum absolute atomic E-state index is 0.451.